The van der Waals surface area contributed by atoms with Gasteiger partial charge in [-0.1, -0.05) is 12.1 Å². The van der Waals surface area contributed by atoms with Crippen LogP contribution < -0.4 is 10.1 Å². The Bertz CT molecular complexity index is 716. The van der Waals surface area contributed by atoms with E-state index in [1.807, 2.05) is 0 Å². The Morgan fingerprint density at radius 1 is 1.24 bits per heavy atom. The molecule has 1 heterocycles. The van der Waals surface area contributed by atoms with E-state index in [1.165, 1.54) is 17.0 Å². The molecule has 0 aliphatic carbocycles. The van der Waals surface area contributed by atoms with Crippen LogP contribution in [0.1, 0.15) is 39.2 Å². The van der Waals surface area contributed by atoms with Gasteiger partial charge in [0.25, 0.3) is 0 Å². The molecule has 29 heavy (non-hydrogen) atoms. The minimum Gasteiger partial charge on any atom is -0.484 e. The van der Waals surface area contributed by atoms with Gasteiger partial charge in [-0.2, -0.15) is 13.2 Å². The van der Waals surface area contributed by atoms with E-state index in [0.717, 1.165) is 0 Å². The van der Waals surface area contributed by atoms with Crippen molar-refractivity contribution in [1.82, 2.24) is 10.2 Å². The summed E-state index contributed by atoms with van der Waals surface area (Å²) < 4.78 is 46.9. The maximum absolute atomic E-state index is 12.5. The Labute approximate surface area is 168 Å². The molecule has 9 heteroatoms. The second kappa shape index (κ2) is 9.37. The molecule has 0 spiro atoms. The lowest BCUT2D eigenvalue weighted by atomic mass is 9.97. The van der Waals surface area contributed by atoms with Crippen LogP contribution in [0, 0.1) is 5.92 Å². The zero-order valence-electron chi connectivity index (χ0n) is 16.8. The van der Waals surface area contributed by atoms with Gasteiger partial charge < -0.3 is 19.7 Å². The molecular weight excluding hydrogens is 389 g/mol. The van der Waals surface area contributed by atoms with Crippen molar-refractivity contribution >= 4 is 12.0 Å². The van der Waals surface area contributed by atoms with E-state index in [-0.39, 0.29) is 30.7 Å². The molecule has 1 fully saturated rings. The number of carbonyl (C=O) groups is 2. The summed E-state index contributed by atoms with van der Waals surface area (Å²) in [4.78, 5) is 26.2. The highest BCUT2D eigenvalue weighted by Gasteiger charge is 2.31. The van der Waals surface area contributed by atoms with E-state index in [9.17, 15) is 22.8 Å². The molecule has 1 unspecified atom stereocenters. The molecular formula is C20H27F3N2O4. The molecule has 1 aliphatic heterocycles. The molecule has 2 rings (SSSR count). The molecule has 0 radical (unpaired) electrons. The summed E-state index contributed by atoms with van der Waals surface area (Å²) in [6.07, 6.45) is -3.51. The van der Waals surface area contributed by atoms with Gasteiger partial charge in [-0.05, 0) is 51.3 Å². The normalized spacial score (nSPS) is 17.6. The van der Waals surface area contributed by atoms with E-state index in [2.05, 4.69) is 5.32 Å². The number of halogens is 3. The average molecular weight is 416 g/mol. The number of piperidine rings is 1. The van der Waals surface area contributed by atoms with Gasteiger partial charge in [0.05, 0.1) is 5.92 Å². The Balaban J connectivity index is 1.86. The summed E-state index contributed by atoms with van der Waals surface area (Å²) in [5.41, 5.74) is 0.0173. The minimum atomic E-state index is -4.41. The van der Waals surface area contributed by atoms with Gasteiger partial charge in [-0.3, -0.25) is 4.79 Å². The number of hydrogen-bond acceptors (Lipinski definition) is 4. The summed E-state index contributed by atoms with van der Waals surface area (Å²) in [7, 11) is 0. The fourth-order valence-electron chi connectivity index (χ4n) is 2.93. The molecule has 1 aromatic carbocycles. The van der Waals surface area contributed by atoms with Crippen LogP contribution in [0.15, 0.2) is 24.3 Å². The number of likely N-dealkylation sites (tertiary alicyclic amines) is 1. The predicted molar refractivity (Wildman–Crippen MR) is 100 cm³/mol. The molecule has 2 amide bonds. The van der Waals surface area contributed by atoms with Crippen molar-refractivity contribution in [2.45, 2.75) is 51.9 Å². The van der Waals surface area contributed by atoms with E-state index < -0.39 is 24.5 Å². The number of nitrogens with one attached hydrogen (secondary N) is 1. The van der Waals surface area contributed by atoms with E-state index >= 15 is 0 Å². The Morgan fingerprint density at radius 3 is 2.62 bits per heavy atom. The number of hydrogen-bond donors (Lipinski definition) is 1. The molecule has 6 nitrogen and oxygen atoms in total. The first-order chi connectivity index (χ1) is 13.4. The molecule has 0 bridgehead atoms. The molecule has 0 aromatic heterocycles. The van der Waals surface area contributed by atoms with Crippen molar-refractivity contribution in [3.05, 3.63) is 29.8 Å². The van der Waals surface area contributed by atoms with Gasteiger partial charge in [-0.15, -0.1) is 0 Å². The number of rotatable bonds is 5. The second-order valence-corrected chi connectivity index (χ2v) is 8.03. The number of amides is 2. The summed E-state index contributed by atoms with van der Waals surface area (Å²) >= 11 is 0. The quantitative estimate of drug-likeness (QED) is 0.791. The highest BCUT2D eigenvalue weighted by Crippen LogP contribution is 2.21. The third-order valence-corrected chi connectivity index (χ3v) is 4.21. The van der Waals surface area contributed by atoms with Crippen LogP contribution in [-0.4, -0.2) is 48.4 Å². The minimum absolute atomic E-state index is 0.0860. The van der Waals surface area contributed by atoms with Crippen molar-refractivity contribution in [1.29, 1.82) is 0 Å². The lowest BCUT2D eigenvalue weighted by molar-refractivity contribution is -0.153. The Morgan fingerprint density at radius 2 is 1.97 bits per heavy atom. The molecule has 0 saturated carbocycles. The largest absolute Gasteiger partial charge is 0.484 e. The standard InChI is InChI=1S/C20H27F3N2O4/c1-19(2,3)29-18(27)25-9-5-7-15(12-25)17(26)24-11-14-6-4-8-16(10-14)28-13-20(21,22)23/h4,6,8,10,15H,5,7,9,11-13H2,1-3H3,(H,24,26). The van der Waals surface area contributed by atoms with Gasteiger partial charge in [0.2, 0.25) is 5.91 Å². The lowest BCUT2D eigenvalue weighted by Crippen LogP contribution is -2.46. The molecule has 1 N–H and O–H groups in total. The van der Waals surface area contributed by atoms with Crippen LogP contribution in [0.25, 0.3) is 0 Å². The first kappa shape index (κ1) is 22.8. The highest BCUT2D eigenvalue weighted by molar-refractivity contribution is 5.80. The average Bonchev–Trinajstić information content (AvgIpc) is 2.63. The summed E-state index contributed by atoms with van der Waals surface area (Å²) in [6, 6.07) is 6.14. The predicted octanol–water partition coefficient (Wildman–Crippen LogP) is 3.89. The van der Waals surface area contributed by atoms with Crippen LogP contribution in [-0.2, 0) is 16.1 Å². The first-order valence-corrected chi connectivity index (χ1v) is 9.47. The van der Waals surface area contributed by atoms with Gasteiger partial charge in [0, 0.05) is 19.6 Å². The maximum atomic E-state index is 12.5. The van der Waals surface area contributed by atoms with Gasteiger partial charge in [-0.25, -0.2) is 4.79 Å². The smallest absolute Gasteiger partial charge is 0.422 e. The van der Waals surface area contributed by atoms with Crippen molar-refractivity contribution in [3.8, 4) is 5.75 Å². The van der Waals surface area contributed by atoms with Crippen molar-refractivity contribution in [2.24, 2.45) is 5.92 Å². The third-order valence-electron chi connectivity index (χ3n) is 4.21. The van der Waals surface area contributed by atoms with Crippen LogP contribution in [0.3, 0.4) is 0 Å². The summed E-state index contributed by atoms with van der Waals surface area (Å²) in [6.45, 7) is 4.95. The number of carbonyl (C=O) groups excluding carboxylic acids is 2. The van der Waals surface area contributed by atoms with Crippen molar-refractivity contribution in [2.75, 3.05) is 19.7 Å². The van der Waals surface area contributed by atoms with E-state index in [4.69, 9.17) is 9.47 Å². The van der Waals surface area contributed by atoms with Crippen LogP contribution in [0.5, 0.6) is 5.75 Å². The maximum Gasteiger partial charge on any atom is 0.422 e. The molecule has 162 valence electrons. The van der Waals surface area contributed by atoms with E-state index in [0.29, 0.717) is 24.9 Å². The topological polar surface area (TPSA) is 67.9 Å². The zero-order valence-corrected chi connectivity index (χ0v) is 16.8. The Kier molecular flexibility index (Phi) is 7.37. The summed E-state index contributed by atoms with van der Waals surface area (Å²) in [5, 5.41) is 2.78. The zero-order chi connectivity index (χ0) is 21.7. The number of nitrogens with zero attached hydrogens (tertiary/aromatic N) is 1. The number of alkyl halides is 3. The second-order valence-electron chi connectivity index (χ2n) is 8.03. The molecule has 1 atom stereocenters. The lowest BCUT2D eigenvalue weighted by Gasteiger charge is -2.33. The van der Waals surface area contributed by atoms with Crippen molar-refractivity contribution in [3.63, 3.8) is 0 Å². The monoisotopic (exact) mass is 416 g/mol. The fraction of sp³-hybridized carbons (Fsp3) is 0.600. The first-order valence-electron chi connectivity index (χ1n) is 9.47. The Hall–Kier alpha value is -2.45. The van der Waals surface area contributed by atoms with Crippen LogP contribution >= 0.6 is 0 Å². The van der Waals surface area contributed by atoms with Gasteiger partial charge >= 0.3 is 12.3 Å². The third kappa shape index (κ3) is 8.21. The van der Waals surface area contributed by atoms with Crippen molar-refractivity contribution < 1.29 is 32.2 Å². The number of benzene rings is 1. The van der Waals surface area contributed by atoms with Crippen LogP contribution in [0.2, 0.25) is 0 Å². The van der Waals surface area contributed by atoms with Gasteiger partial charge in [0.1, 0.15) is 11.4 Å². The SMILES string of the molecule is CC(C)(C)OC(=O)N1CCCC(C(=O)NCc2cccc(OCC(F)(F)F)c2)C1. The molecule has 1 aromatic rings. The van der Waals surface area contributed by atoms with Crippen LogP contribution in [0.4, 0.5) is 18.0 Å². The van der Waals surface area contributed by atoms with E-state index in [1.54, 1.807) is 32.9 Å². The highest BCUT2D eigenvalue weighted by atomic mass is 19.4. The van der Waals surface area contributed by atoms with Gasteiger partial charge in [0.15, 0.2) is 6.61 Å². The molecule has 1 saturated heterocycles. The summed E-state index contributed by atoms with van der Waals surface area (Å²) in [5.74, 6) is -0.483. The molecule has 1 aliphatic rings. The fourth-order valence-corrected chi connectivity index (χ4v) is 2.93. The number of ether oxygens (including phenoxy) is 2.